The summed E-state index contributed by atoms with van der Waals surface area (Å²) in [5, 5.41) is 5.57. The molecule has 7 nitrogen and oxygen atoms in total. The average molecular weight is 386 g/mol. The lowest BCUT2D eigenvalue weighted by Gasteiger charge is -2.21. The van der Waals surface area contributed by atoms with Crippen LogP contribution in [0.1, 0.15) is 37.2 Å². The molecule has 2 atom stereocenters. The van der Waals surface area contributed by atoms with E-state index in [0.717, 1.165) is 19.4 Å². The minimum Gasteiger partial charge on any atom is -0.491 e. The number of rotatable bonds is 8. The Balaban J connectivity index is 1.59. The quantitative estimate of drug-likeness (QED) is 0.727. The summed E-state index contributed by atoms with van der Waals surface area (Å²) in [6, 6.07) is 9.67. The third-order valence-electron chi connectivity index (χ3n) is 4.54. The third kappa shape index (κ3) is 5.36. The zero-order chi connectivity index (χ0) is 19.9. The molecule has 2 N–H and O–H groups in total. The van der Waals surface area contributed by atoms with Crippen LogP contribution in [0.25, 0.3) is 0 Å². The third-order valence-corrected chi connectivity index (χ3v) is 4.54. The number of hydrogen-bond acceptors (Lipinski definition) is 5. The Morgan fingerprint density at radius 1 is 1.25 bits per heavy atom. The van der Waals surface area contributed by atoms with Crippen molar-refractivity contribution < 1.29 is 23.5 Å². The molecule has 0 radical (unpaired) electrons. The van der Waals surface area contributed by atoms with E-state index < -0.39 is 11.9 Å². The Morgan fingerprint density at radius 3 is 2.79 bits per heavy atom. The van der Waals surface area contributed by atoms with Gasteiger partial charge in [-0.3, -0.25) is 9.59 Å². The van der Waals surface area contributed by atoms with E-state index >= 15 is 0 Å². The molecule has 2 unspecified atom stereocenters. The smallest absolute Gasteiger partial charge is 0.287 e. The molecule has 2 heterocycles. The predicted octanol–water partition coefficient (Wildman–Crippen LogP) is 3.23. The first kappa shape index (κ1) is 19.9. The van der Waals surface area contributed by atoms with Gasteiger partial charge >= 0.3 is 0 Å². The number of ether oxygens (including phenoxy) is 2. The van der Waals surface area contributed by atoms with E-state index in [9.17, 15) is 9.59 Å². The van der Waals surface area contributed by atoms with Crippen LogP contribution in [0.5, 0.6) is 5.75 Å². The van der Waals surface area contributed by atoms with Crippen molar-refractivity contribution in [3.63, 3.8) is 0 Å². The van der Waals surface area contributed by atoms with E-state index in [1.54, 1.807) is 24.3 Å². The van der Waals surface area contributed by atoms with Crippen molar-refractivity contribution in [1.82, 2.24) is 5.32 Å². The summed E-state index contributed by atoms with van der Waals surface area (Å²) in [6.07, 6.45) is 3.61. The van der Waals surface area contributed by atoms with Crippen molar-refractivity contribution in [3.05, 3.63) is 48.4 Å². The van der Waals surface area contributed by atoms with Crippen LogP contribution < -0.4 is 15.4 Å². The van der Waals surface area contributed by atoms with Gasteiger partial charge in [-0.2, -0.15) is 0 Å². The molecule has 1 aromatic carbocycles. The summed E-state index contributed by atoms with van der Waals surface area (Å²) in [5.74, 6) is 0.00790. The first-order valence-corrected chi connectivity index (χ1v) is 9.52. The van der Waals surface area contributed by atoms with E-state index in [1.807, 2.05) is 26.0 Å². The second kappa shape index (κ2) is 9.41. The van der Waals surface area contributed by atoms with Gasteiger partial charge in [0.05, 0.1) is 12.4 Å². The molecular weight excluding hydrogens is 360 g/mol. The van der Waals surface area contributed by atoms with Crippen LogP contribution in [0.2, 0.25) is 0 Å². The SMILES string of the molecule is CC(C)C(NC(=O)c1ccco1)C(=O)Nc1cccc(OCC2CCCO2)c1. The number of anilines is 1. The number of nitrogens with one attached hydrogen (secondary N) is 2. The van der Waals surface area contributed by atoms with Crippen LogP contribution >= 0.6 is 0 Å². The van der Waals surface area contributed by atoms with Crippen LogP contribution in [0.3, 0.4) is 0 Å². The van der Waals surface area contributed by atoms with Crippen LogP contribution in [-0.4, -0.2) is 37.2 Å². The normalized spacial score (nSPS) is 17.3. The van der Waals surface area contributed by atoms with Gasteiger partial charge in [-0.15, -0.1) is 0 Å². The van der Waals surface area contributed by atoms with Gasteiger partial charge in [0.1, 0.15) is 18.4 Å². The van der Waals surface area contributed by atoms with Crippen molar-refractivity contribution in [2.24, 2.45) is 5.92 Å². The largest absolute Gasteiger partial charge is 0.491 e. The van der Waals surface area contributed by atoms with Gasteiger partial charge < -0.3 is 24.5 Å². The fraction of sp³-hybridized carbons (Fsp3) is 0.429. The van der Waals surface area contributed by atoms with Gasteiger partial charge in [-0.25, -0.2) is 0 Å². The standard InChI is InChI=1S/C21H26N2O5/c1-14(2)19(23-20(24)18-9-5-11-27-18)21(25)22-15-6-3-7-16(12-15)28-13-17-8-4-10-26-17/h3,5-7,9,11-12,14,17,19H,4,8,10,13H2,1-2H3,(H,22,25)(H,23,24). The molecule has 3 rings (SSSR count). The zero-order valence-corrected chi connectivity index (χ0v) is 16.1. The average Bonchev–Trinajstić information content (AvgIpc) is 3.38. The lowest BCUT2D eigenvalue weighted by molar-refractivity contribution is -0.118. The molecule has 0 bridgehead atoms. The summed E-state index contributed by atoms with van der Waals surface area (Å²) in [5.41, 5.74) is 0.604. The van der Waals surface area contributed by atoms with E-state index in [1.165, 1.54) is 6.26 Å². The zero-order valence-electron chi connectivity index (χ0n) is 16.1. The number of benzene rings is 1. The Labute approximate surface area is 164 Å². The Hall–Kier alpha value is -2.80. The first-order valence-electron chi connectivity index (χ1n) is 9.52. The van der Waals surface area contributed by atoms with Crippen molar-refractivity contribution in [2.75, 3.05) is 18.5 Å². The lowest BCUT2D eigenvalue weighted by atomic mass is 10.0. The minimum absolute atomic E-state index is 0.0992. The topological polar surface area (TPSA) is 89.8 Å². The number of carbonyl (C=O) groups excluding carboxylic acids is 2. The molecule has 1 aromatic heterocycles. The van der Waals surface area contributed by atoms with Crippen LogP contribution in [0.4, 0.5) is 5.69 Å². The fourth-order valence-electron chi connectivity index (χ4n) is 3.00. The maximum Gasteiger partial charge on any atom is 0.287 e. The Morgan fingerprint density at radius 2 is 2.11 bits per heavy atom. The van der Waals surface area contributed by atoms with Crippen molar-refractivity contribution in [1.29, 1.82) is 0 Å². The summed E-state index contributed by atoms with van der Waals surface area (Å²) in [4.78, 5) is 24.9. The lowest BCUT2D eigenvalue weighted by Crippen LogP contribution is -2.47. The van der Waals surface area contributed by atoms with Crippen LogP contribution in [-0.2, 0) is 9.53 Å². The molecule has 150 valence electrons. The van der Waals surface area contributed by atoms with E-state index in [-0.39, 0.29) is 23.7 Å². The van der Waals surface area contributed by atoms with Gasteiger partial charge in [0.15, 0.2) is 5.76 Å². The summed E-state index contributed by atoms with van der Waals surface area (Å²) in [7, 11) is 0. The molecule has 1 fully saturated rings. The molecule has 1 aliphatic heterocycles. The first-order chi connectivity index (χ1) is 13.5. The number of hydrogen-bond donors (Lipinski definition) is 2. The van der Waals surface area contributed by atoms with Gasteiger partial charge in [0, 0.05) is 18.4 Å². The number of furan rings is 1. The van der Waals surface area contributed by atoms with Gasteiger partial charge in [0.25, 0.3) is 5.91 Å². The number of amides is 2. The molecule has 7 heteroatoms. The molecule has 0 aliphatic carbocycles. The van der Waals surface area contributed by atoms with E-state index in [0.29, 0.717) is 18.0 Å². The van der Waals surface area contributed by atoms with Gasteiger partial charge in [0.2, 0.25) is 5.91 Å². The molecule has 28 heavy (non-hydrogen) atoms. The second-order valence-corrected chi connectivity index (χ2v) is 7.14. The monoisotopic (exact) mass is 386 g/mol. The highest BCUT2D eigenvalue weighted by molar-refractivity contribution is 6.00. The Kier molecular flexibility index (Phi) is 6.71. The van der Waals surface area contributed by atoms with Crippen molar-refractivity contribution >= 4 is 17.5 Å². The molecule has 0 spiro atoms. The van der Waals surface area contributed by atoms with Crippen LogP contribution in [0, 0.1) is 5.92 Å². The molecular formula is C21H26N2O5. The minimum atomic E-state index is -0.700. The molecule has 2 amide bonds. The van der Waals surface area contributed by atoms with E-state index in [2.05, 4.69) is 10.6 Å². The van der Waals surface area contributed by atoms with Crippen molar-refractivity contribution in [2.45, 2.75) is 38.8 Å². The molecule has 1 aliphatic rings. The molecule has 2 aromatic rings. The fourth-order valence-corrected chi connectivity index (χ4v) is 3.00. The van der Waals surface area contributed by atoms with Gasteiger partial charge in [-0.05, 0) is 43.0 Å². The summed E-state index contributed by atoms with van der Waals surface area (Å²) >= 11 is 0. The summed E-state index contributed by atoms with van der Waals surface area (Å²) in [6.45, 7) is 5.01. The predicted molar refractivity (Wildman–Crippen MR) is 104 cm³/mol. The van der Waals surface area contributed by atoms with Crippen molar-refractivity contribution in [3.8, 4) is 5.75 Å². The maximum atomic E-state index is 12.7. The second-order valence-electron chi connectivity index (χ2n) is 7.14. The highest BCUT2D eigenvalue weighted by Gasteiger charge is 2.25. The molecule has 1 saturated heterocycles. The summed E-state index contributed by atoms with van der Waals surface area (Å²) < 4.78 is 16.4. The van der Waals surface area contributed by atoms with Crippen LogP contribution in [0.15, 0.2) is 47.1 Å². The molecule has 0 saturated carbocycles. The highest BCUT2D eigenvalue weighted by Crippen LogP contribution is 2.20. The Bertz CT molecular complexity index is 782. The van der Waals surface area contributed by atoms with Gasteiger partial charge in [-0.1, -0.05) is 19.9 Å². The van der Waals surface area contributed by atoms with E-state index in [4.69, 9.17) is 13.9 Å². The maximum absolute atomic E-state index is 12.7. The highest BCUT2D eigenvalue weighted by atomic mass is 16.5. The number of carbonyl (C=O) groups is 2.